The van der Waals surface area contributed by atoms with Gasteiger partial charge in [-0.3, -0.25) is 4.79 Å². The average molecular weight is 304 g/mol. The lowest BCUT2D eigenvalue weighted by molar-refractivity contribution is -0.127. The van der Waals surface area contributed by atoms with Crippen molar-refractivity contribution in [3.8, 4) is 5.75 Å². The highest BCUT2D eigenvalue weighted by Gasteiger charge is 2.14. The molecule has 3 nitrogen and oxygen atoms in total. The smallest absolute Gasteiger partial charge is 0.261 e. The van der Waals surface area contributed by atoms with Crippen LogP contribution in [0.5, 0.6) is 5.75 Å². The van der Waals surface area contributed by atoms with E-state index in [1.807, 2.05) is 49.4 Å². The topological polar surface area (TPSA) is 38.3 Å². The molecule has 0 saturated carbocycles. The number of halogens is 1. The van der Waals surface area contributed by atoms with Crippen LogP contribution in [0.25, 0.3) is 0 Å². The summed E-state index contributed by atoms with van der Waals surface area (Å²) in [5.41, 5.74) is 1.98. The van der Waals surface area contributed by atoms with E-state index in [1.54, 1.807) is 13.0 Å². The van der Waals surface area contributed by atoms with E-state index in [0.29, 0.717) is 17.3 Å². The summed E-state index contributed by atoms with van der Waals surface area (Å²) >= 11 is 6.05. The second-order valence-electron chi connectivity index (χ2n) is 4.89. The molecule has 0 spiro atoms. The molecule has 1 amide bonds. The van der Waals surface area contributed by atoms with Gasteiger partial charge in [0.05, 0.1) is 0 Å². The number of rotatable bonds is 5. The minimum absolute atomic E-state index is 0.170. The van der Waals surface area contributed by atoms with Gasteiger partial charge in [0.15, 0.2) is 6.10 Å². The Morgan fingerprint density at radius 2 is 2.00 bits per heavy atom. The van der Waals surface area contributed by atoms with E-state index in [1.165, 1.54) is 0 Å². The Bertz CT molecular complexity index is 628. The largest absolute Gasteiger partial charge is 0.481 e. The fourth-order valence-electron chi connectivity index (χ4n) is 1.91. The molecular weight excluding hydrogens is 286 g/mol. The minimum Gasteiger partial charge on any atom is -0.481 e. The standard InChI is InChI=1S/C17H18ClNO2/c1-12-6-5-8-15(10-12)21-13(2)17(20)19-11-14-7-3-4-9-16(14)18/h3-10,13H,11H2,1-2H3,(H,19,20). The number of aryl methyl sites for hydroxylation is 1. The molecule has 0 aliphatic heterocycles. The summed E-state index contributed by atoms with van der Waals surface area (Å²) in [6.45, 7) is 4.10. The molecule has 110 valence electrons. The summed E-state index contributed by atoms with van der Waals surface area (Å²) < 4.78 is 5.63. The van der Waals surface area contributed by atoms with Gasteiger partial charge in [-0.05, 0) is 43.2 Å². The molecule has 0 radical (unpaired) electrons. The zero-order valence-electron chi connectivity index (χ0n) is 12.1. The van der Waals surface area contributed by atoms with Crippen molar-refractivity contribution in [3.05, 3.63) is 64.7 Å². The second kappa shape index (κ2) is 7.14. The maximum absolute atomic E-state index is 12.0. The van der Waals surface area contributed by atoms with E-state index in [0.717, 1.165) is 11.1 Å². The van der Waals surface area contributed by atoms with Crippen LogP contribution in [-0.2, 0) is 11.3 Å². The Hall–Kier alpha value is -2.00. The summed E-state index contributed by atoms with van der Waals surface area (Å²) in [6.07, 6.45) is -0.561. The van der Waals surface area contributed by atoms with E-state index < -0.39 is 6.10 Å². The summed E-state index contributed by atoms with van der Waals surface area (Å²) in [7, 11) is 0. The predicted molar refractivity (Wildman–Crippen MR) is 84.6 cm³/mol. The van der Waals surface area contributed by atoms with Gasteiger partial charge in [-0.25, -0.2) is 0 Å². The van der Waals surface area contributed by atoms with Crippen molar-refractivity contribution in [2.75, 3.05) is 0 Å². The van der Waals surface area contributed by atoms with Gasteiger partial charge in [0, 0.05) is 11.6 Å². The van der Waals surface area contributed by atoms with Gasteiger partial charge in [-0.2, -0.15) is 0 Å². The molecule has 0 aliphatic rings. The van der Waals surface area contributed by atoms with E-state index in [9.17, 15) is 4.79 Å². The van der Waals surface area contributed by atoms with Crippen molar-refractivity contribution in [3.63, 3.8) is 0 Å². The van der Waals surface area contributed by atoms with E-state index in [2.05, 4.69) is 5.32 Å². The molecule has 0 heterocycles. The maximum atomic E-state index is 12.0. The van der Waals surface area contributed by atoms with Crippen LogP contribution in [0.1, 0.15) is 18.1 Å². The Morgan fingerprint density at radius 1 is 1.24 bits per heavy atom. The molecule has 2 aromatic carbocycles. The lowest BCUT2D eigenvalue weighted by Gasteiger charge is -2.15. The van der Waals surface area contributed by atoms with Gasteiger partial charge in [-0.15, -0.1) is 0 Å². The van der Waals surface area contributed by atoms with Crippen molar-refractivity contribution < 1.29 is 9.53 Å². The highest BCUT2D eigenvalue weighted by Crippen LogP contribution is 2.16. The first kappa shape index (κ1) is 15.4. The molecule has 0 fully saturated rings. The molecule has 0 aliphatic carbocycles. The van der Waals surface area contributed by atoms with Crippen molar-refractivity contribution in [2.45, 2.75) is 26.5 Å². The van der Waals surface area contributed by atoms with Crippen molar-refractivity contribution in [1.29, 1.82) is 0 Å². The first-order valence-electron chi connectivity index (χ1n) is 6.80. The Balaban J connectivity index is 1.90. The van der Waals surface area contributed by atoms with Crippen LogP contribution < -0.4 is 10.1 Å². The number of carbonyl (C=O) groups is 1. The molecule has 1 atom stereocenters. The molecule has 1 N–H and O–H groups in total. The normalized spacial score (nSPS) is 11.8. The highest BCUT2D eigenvalue weighted by molar-refractivity contribution is 6.31. The highest BCUT2D eigenvalue weighted by atomic mass is 35.5. The maximum Gasteiger partial charge on any atom is 0.261 e. The van der Waals surface area contributed by atoms with Crippen LogP contribution in [0.2, 0.25) is 5.02 Å². The van der Waals surface area contributed by atoms with Crippen LogP contribution in [0.15, 0.2) is 48.5 Å². The van der Waals surface area contributed by atoms with Crippen molar-refractivity contribution in [1.82, 2.24) is 5.32 Å². The SMILES string of the molecule is Cc1cccc(OC(C)C(=O)NCc2ccccc2Cl)c1. The molecule has 0 saturated heterocycles. The Labute approximate surface area is 129 Å². The molecule has 2 rings (SSSR count). The molecule has 0 aromatic heterocycles. The zero-order chi connectivity index (χ0) is 15.2. The van der Waals surface area contributed by atoms with Gasteiger partial charge in [0.25, 0.3) is 5.91 Å². The summed E-state index contributed by atoms with van der Waals surface area (Å²) in [4.78, 5) is 12.0. The number of benzene rings is 2. The number of hydrogen-bond donors (Lipinski definition) is 1. The number of amides is 1. The zero-order valence-corrected chi connectivity index (χ0v) is 12.9. The molecule has 4 heteroatoms. The van der Waals surface area contributed by atoms with Crippen molar-refractivity contribution >= 4 is 17.5 Å². The molecule has 1 unspecified atom stereocenters. The fraction of sp³-hybridized carbons (Fsp3) is 0.235. The average Bonchev–Trinajstić information content (AvgIpc) is 2.46. The van der Waals surface area contributed by atoms with E-state index >= 15 is 0 Å². The predicted octanol–water partition coefficient (Wildman–Crippen LogP) is 3.73. The van der Waals surface area contributed by atoms with E-state index in [-0.39, 0.29) is 5.91 Å². The third kappa shape index (κ3) is 4.50. The number of carbonyl (C=O) groups excluding carboxylic acids is 1. The first-order chi connectivity index (χ1) is 10.1. The van der Waals surface area contributed by atoms with Crippen molar-refractivity contribution in [2.24, 2.45) is 0 Å². The third-order valence-electron chi connectivity index (χ3n) is 3.08. The fourth-order valence-corrected chi connectivity index (χ4v) is 2.12. The number of nitrogens with one attached hydrogen (secondary N) is 1. The van der Waals surface area contributed by atoms with Gasteiger partial charge >= 0.3 is 0 Å². The first-order valence-corrected chi connectivity index (χ1v) is 7.18. The van der Waals surface area contributed by atoms with Gasteiger partial charge < -0.3 is 10.1 Å². The van der Waals surface area contributed by atoms with Gasteiger partial charge in [0.2, 0.25) is 0 Å². The van der Waals surface area contributed by atoms with Gasteiger partial charge in [0.1, 0.15) is 5.75 Å². The summed E-state index contributed by atoms with van der Waals surface area (Å²) in [5.74, 6) is 0.520. The lowest BCUT2D eigenvalue weighted by atomic mass is 10.2. The molecule has 0 bridgehead atoms. The number of ether oxygens (including phenoxy) is 1. The Morgan fingerprint density at radius 3 is 2.71 bits per heavy atom. The monoisotopic (exact) mass is 303 g/mol. The number of hydrogen-bond acceptors (Lipinski definition) is 2. The van der Waals surface area contributed by atoms with Crippen LogP contribution >= 0.6 is 11.6 Å². The van der Waals surface area contributed by atoms with Crippen LogP contribution in [0, 0.1) is 6.92 Å². The van der Waals surface area contributed by atoms with Gasteiger partial charge in [-0.1, -0.05) is 41.9 Å². The summed E-state index contributed by atoms with van der Waals surface area (Å²) in [6, 6.07) is 15.1. The quantitative estimate of drug-likeness (QED) is 0.914. The van der Waals surface area contributed by atoms with E-state index in [4.69, 9.17) is 16.3 Å². The second-order valence-corrected chi connectivity index (χ2v) is 5.29. The van der Waals surface area contributed by atoms with Crippen LogP contribution in [0.4, 0.5) is 0 Å². The molecular formula is C17H18ClNO2. The summed E-state index contributed by atoms with van der Waals surface area (Å²) in [5, 5.41) is 3.47. The lowest BCUT2D eigenvalue weighted by Crippen LogP contribution is -2.35. The molecule has 2 aromatic rings. The molecule has 21 heavy (non-hydrogen) atoms. The Kier molecular flexibility index (Phi) is 5.23. The van der Waals surface area contributed by atoms with Crippen LogP contribution in [0.3, 0.4) is 0 Å². The minimum atomic E-state index is -0.561. The third-order valence-corrected chi connectivity index (χ3v) is 3.45. The van der Waals surface area contributed by atoms with Crippen LogP contribution in [-0.4, -0.2) is 12.0 Å².